The van der Waals surface area contributed by atoms with E-state index in [2.05, 4.69) is 10.0 Å². The van der Waals surface area contributed by atoms with Gasteiger partial charge in [0.05, 0.1) is 16.3 Å². The molecule has 1 heterocycles. The minimum Gasteiger partial charge on any atom is -0.325 e. The fourth-order valence-corrected chi connectivity index (χ4v) is 4.91. The number of nitrogens with one attached hydrogen (secondary N) is 2. The highest BCUT2D eigenvalue weighted by Crippen LogP contribution is 2.36. The van der Waals surface area contributed by atoms with Crippen LogP contribution in [-0.4, -0.2) is 19.6 Å². The molecule has 0 aliphatic carbocycles. The second-order valence-corrected chi connectivity index (χ2v) is 9.12. The van der Waals surface area contributed by atoms with Crippen LogP contribution in [0.3, 0.4) is 0 Å². The Hall–Kier alpha value is -1.99. The molecule has 132 valence electrons. The molecule has 0 radical (unpaired) electrons. The lowest BCUT2D eigenvalue weighted by molar-refractivity contribution is -0.116. The standard InChI is InChI=1S/C18H20N2O3S2/c1-3-13-6-4-5-7-15(13)20-25(22,23)14-8-9-17-16(11-14)19-18(21)10-12(2)24-17/h4-9,11-12,20H,3,10H2,1-2H3,(H,19,21)/t12-/m1/s1. The highest BCUT2D eigenvalue weighted by molar-refractivity contribution is 8.00. The lowest BCUT2D eigenvalue weighted by atomic mass is 10.1. The number of sulfonamides is 1. The summed E-state index contributed by atoms with van der Waals surface area (Å²) < 4.78 is 28.2. The quantitative estimate of drug-likeness (QED) is 0.849. The number of para-hydroxylation sites is 1. The number of thioether (sulfide) groups is 1. The third-order valence-corrected chi connectivity index (χ3v) is 6.52. The Kier molecular flexibility index (Phi) is 5.06. The van der Waals surface area contributed by atoms with E-state index in [1.807, 2.05) is 26.0 Å². The summed E-state index contributed by atoms with van der Waals surface area (Å²) in [5.74, 6) is -0.0995. The number of amides is 1. The summed E-state index contributed by atoms with van der Waals surface area (Å²) in [5.41, 5.74) is 2.05. The van der Waals surface area contributed by atoms with Crippen molar-refractivity contribution in [2.75, 3.05) is 10.0 Å². The van der Waals surface area contributed by atoms with Crippen molar-refractivity contribution < 1.29 is 13.2 Å². The first-order valence-electron chi connectivity index (χ1n) is 8.10. The van der Waals surface area contributed by atoms with E-state index in [1.165, 1.54) is 6.07 Å². The topological polar surface area (TPSA) is 75.3 Å². The van der Waals surface area contributed by atoms with E-state index in [0.717, 1.165) is 16.9 Å². The Balaban J connectivity index is 1.94. The molecule has 1 atom stereocenters. The van der Waals surface area contributed by atoms with Crippen LogP contribution in [0.4, 0.5) is 11.4 Å². The molecule has 0 saturated carbocycles. The van der Waals surface area contributed by atoms with Gasteiger partial charge in [-0.25, -0.2) is 8.42 Å². The molecule has 2 aromatic carbocycles. The van der Waals surface area contributed by atoms with Crippen LogP contribution in [0.1, 0.15) is 25.8 Å². The van der Waals surface area contributed by atoms with Gasteiger partial charge in [0.2, 0.25) is 5.91 Å². The molecule has 0 spiro atoms. The van der Waals surface area contributed by atoms with Gasteiger partial charge >= 0.3 is 0 Å². The number of carbonyl (C=O) groups excluding carboxylic acids is 1. The molecule has 3 rings (SSSR count). The molecule has 0 bridgehead atoms. The van der Waals surface area contributed by atoms with Crippen molar-refractivity contribution in [2.24, 2.45) is 0 Å². The van der Waals surface area contributed by atoms with Crippen LogP contribution >= 0.6 is 11.8 Å². The number of hydrogen-bond acceptors (Lipinski definition) is 4. The zero-order valence-corrected chi connectivity index (χ0v) is 15.7. The molecular formula is C18H20N2O3S2. The highest BCUT2D eigenvalue weighted by atomic mass is 32.2. The Morgan fingerprint density at radius 1 is 1.24 bits per heavy atom. The van der Waals surface area contributed by atoms with Crippen LogP contribution in [0.15, 0.2) is 52.3 Å². The van der Waals surface area contributed by atoms with Crippen molar-refractivity contribution >= 4 is 39.1 Å². The monoisotopic (exact) mass is 376 g/mol. The van der Waals surface area contributed by atoms with Crippen LogP contribution in [0.5, 0.6) is 0 Å². The summed E-state index contributed by atoms with van der Waals surface area (Å²) in [4.78, 5) is 12.9. The van der Waals surface area contributed by atoms with E-state index < -0.39 is 10.0 Å². The Morgan fingerprint density at radius 3 is 2.76 bits per heavy atom. The van der Waals surface area contributed by atoms with E-state index in [1.54, 1.807) is 36.0 Å². The minimum atomic E-state index is -3.73. The Morgan fingerprint density at radius 2 is 2.00 bits per heavy atom. The maximum atomic E-state index is 12.8. The normalized spacial score (nSPS) is 17.4. The molecular weight excluding hydrogens is 356 g/mol. The van der Waals surface area contributed by atoms with Gasteiger partial charge in [0.25, 0.3) is 10.0 Å². The van der Waals surface area contributed by atoms with E-state index in [-0.39, 0.29) is 16.1 Å². The zero-order chi connectivity index (χ0) is 18.0. The van der Waals surface area contributed by atoms with Crippen molar-refractivity contribution in [1.29, 1.82) is 0 Å². The highest BCUT2D eigenvalue weighted by Gasteiger charge is 2.22. The first-order chi connectivity index (χ1) is 11.9. The van der Waals surface area contributed by atoms with Crippen LogP contribution < -0.4 is 10.0 Å². The predicted octanol–water partition coefficient (Wildman–Crippen LogP) is 3.87. The molecule has 7 heteroatoms. The van der Waals surface area contributed by atoms with Gasteiger partial charge in [-0.3, -0.25) is 9.52 Å². The molecule has 25 heavy (non-hydrogen) atoms. The number of carbonyl (C=O) groups is 1. The van der Waals surface area contributed by atoms with Gasteiger partial charge in [-0.2, -0.15) is 0 Å². The Labute approximate surface area is 152 Å². The number of hydrogen-bond donors (Lipinski definition) is 2. The van der Waals surface area contributed by atoms with Gasteiger partial charge < -0.3 is 5.32 Å². The first-order valence-corrected chi connectivity index (χ1v) is 10.5. The number of fused-ring (bicyclic) bond motifs is 1. The summed E-state index contributed by atoms with van der Waals surface area (Å²) in [6.07, 6.45) is 1.14. The summed E-state index contributed by atoms with van der Waals surface area (Å²) in [6.45, 7) is 3.96. The molecule has 2 aromatic rings. The fraction of sp³-hybridized carbons (Fsp3) is 0.278. The average Bonchev–Trinajstić information content (AvgIpc) is 2.70. The number of rotatable bonds is 4. The molecule has 1 amide bonds. The molecule has 1 aliphatic rings. The van der Waals surface area contributed by atoms with Crippen LogP contribution in [0.25, 0.3) is 0 Å². The largest absolute Gasteiger partial charge is 0.325 e. The van der Waals surface area contributed by atoms with E-state index in [9.17, 15) is 13.2 Å². The zero-order valence-electron chi connectivity index (χ0n) is 14.1. The van der Waals surface area contributed by atoms with Crippen LogP contribution in [-0.2, 0) is 21.2 Å². The second-order valence-electron chi connectivity index (χ2n) is 5.95. The number of benzene rings is 2. The van der Waals surface area contributed by atoms with Gasteiger partial charge in [-0.1, -0.05) is 32.0 Å². The Bertz CT molecular complexity index is 910. The van der Waals surface area contributed by atoms with Gasteiger partial charge in [0, 0.05) is 16.6 Å². The van der Waals surface area contributed by atoms with Gasteiger partial charge in [-0.15, -0.1) is 11.8 Å². The molecule has 2 N–H and O–H groups in total. The van der Waals surface area contributed by atoms with Crippen molar-refractivity contribution in [3.8, 4) is 0 Å². The minimum absolute atomic E-state index is 0.0995. The summed E-state index contributed by atoms with van der Waals surface area (Å²) in [7, 11) is -3.73. The van der Waals surface area contributed by atoms with E-state index in [0.29, 0.717) is 17.8 Å². The van der Waals surface area contributed by atoms with Crippen LogP contribution in [0, 0.1) is 0 Å². The fourth-order valence-electron chi connectivity index (χ4n) is 2.73. The summed E-state index contributed by atoms with van der Waals surface area (Å²) >= 11 is 1.57. The average molecular weight is 377 g/mol. The maximum Gasteiger partial charge on any atom is 0.261 e. The second kappa shape index (κ2) is 7.09. The SMILES string of the molecule is CCc1ccccc1NS(=O)(=O)c1ccc2c(c1)NC(=O)C[C@@H](C)S2. The number of aryl methyl sites for hydroxylation is 1. The van der Waals surface area contributed by atoms with Crippen molar-refractivity contribution in [3.05, 3.63) is 48.0 Å². The lowest BCUT2D eigenvalue weighted by Gasteiger charge is -2.13. The third kappa shape index (κ3) is 3.99. The molecule has 0 aromatic heterocycles. The van der Waals surface area contributed by atoms with E-state index in [4.69, 9.17) is 0 Å². The van der Waals surface area contributed by atoms with Gasteiger partial charge in [0.1, 0.15) is 0 Å². The first kappa shape index (κ1) is 17.8. The molecule has 0 unspecified atom stereocenters. The van der Waals surface area contributed by atoms with Crippen molar-refractivity contribution in [1.82, 2.24) is 0 Å². The van der Waals surface area contributed by atoms with Gasteiger partial charge in [-0.05, 0) is 36.2 Å². The number of anilines is 2. The molecule has 1 aliphatic heterocycles. The van der Waals surface area contributed by atoms with E-state index >= 15 is 0 Å². The molecule has 5 nitrogen and oxygen atoms in total. The molecule has 0 saturated heterocycles. The summed E-state index contributed by atoms with van der Waals surface area (Å²) in [6, 6.07) is 12.2. The summed E-state index contributed by atoms with van der Waals surface area (Å²) in [5, 5.41) is 2.95. The smallest absolute Gasteiger partial charge is 0.261 e. The maximum absolute atomic E-state index is 12.8. The predicted molar refractivity (Wildman–Crippen MR) is 102 cm³/mol. The van der Waals surface area contributed by atoms with Crippen LogP contribution in [0.2, 0.25) is 0 Å². The van der Waals surface area contributed by atoms with Gasteiger partial charge in [0.15, 0.2) is 0 Å². The van der Waals surface area contributed by atoms with Crippen molar-refractivity contribution in [3.63, 3.8) is 0 Å². The van der Waals surface area contributed by atoms with Crippen molar-refractivity contribution in [2.45, 2.75) is 41.7 Å². The lowest BCUT2D eigenvalue weighted by Crippen LogP contribution is -2.16. The third-order valence-electron chi connectivity index (χ3n) is 3.98. The molecule has 0 fully saturated rings.